The summed E-state index contributed by atoms with van der Waals surface area (Å²) in [5.41, 5.74) is 3.33. The fourth-order valence-corrected chi connectivity index (χ4v) is 6.36. The summed E-state index contributed by atoms with van der Waals surface area (Å²) in [6, 6.07) is 14.0. The Morgan fingerprint density at radius 3 is 2.38 bits per heavy atom. The molecule has 0 saturated heterocycles. The van der Waals surface area contributed by atoms with E-state index in [1.165, 1.54) is 11.3 Å². The molecule has 1 aromatic heterocycles. The van der Waals surface area contributed by atoms with E-state index in [4.69, 9.17) is 16.6 Å². The Morgan fingerprint density at radius 1 is 1.05 bits per heavy atom. The summed E-state index contributed by atoms with van der Waals surface area (Å²) in [6.07, 6.45) is 0. The molecule has 3 heterocycles. The van der Waals surface area contributed by atoms with Crippen LogP contribution in [0.3, 0.4) is 0 Å². The third-order valence-electron chi connectivity index (χ3n) is 6.93. The summed E-state index contributed by atoms with van der Waals surface area (Å²) in [6.45, 7) is 9.12. The van der Waals surface area contributed by atoms with E-state index in [-0.39, 0.29) is 17.4 Å². The predicted molar refractivity (Wildman–Crippen MR) is 147 cm³/mol. The van der Waals surface area contributed by atoms with Gasteiger partial charge in [0.1, 0.15) is 4.53 Å². The molecule has 0 fully saturated rings. The number of anilines is 1. The van der Waals surface area contributed by atoms with Gasteiger partial charge in [-0.2, -0.15) is 0 Å². The molecule has 0 spiro atoms. The van der Waals surface area contributed by atoms with Crippen LogP contribution in [0.25, 0.3) is 5.57 Å². The Hall–Kier alpha value is -3.49. The minimum Gasteiger partial charge on any atom is -0.339 e. The first kappa shape index (κ1) is 25.2. The van der Waals surface area contributed by atoms with Crippen LogP contribution in [0.4, 0.5) is 5.69 Å². The largest absolute Gasteiger partial charge is 0.339 e. The van der Waals surface area contributed by atoms with Gasteiger partial charge in [0.05, 0.1) is 28.6 Å². The molecule has 0 aliphatic carbocycles. The third-order valence-corrected chi connectivity index (χ3v) is 8.24. The van der Waals surface area contributed by atoms with Gasteiger partial charge in [0.15, 0.2) is 4.80 Å². The number of carbonyl (C=O) groups is 2. The van der Waals surface area contributed by atoms with E-state index in [1.807, 2.05) is 57.2 Å². The van der Waals surface area contributed by atoms with Crippen LogP contribution in [0.2, 0.25) is 5.02 Å². The second-order valence-electron chi connectivity index (χ2n) is 8.87. The van der Waals surface area contributed by atoms with Crippen molar-refractivity contribution < 1.29 is 9.59 Å². The SMILES string of the molecule is CCN(CC)C(=O)C1=C(C)N=c2s/c(=C3\C(=O)N(CC)c4ccccc43)c(=O)n2[C@H]1c1ccc(Cl)cc1. The molecule has 3 aromatic rings. The number of thiazole rings is 1. The van der Waals surface area contributed by atoms with E-state index < -0.39 is 6.04 Å². The fourth-order valence-electron chi connectivity index (χ4n) is 5.10. The van der Waals surface area contributed by atoms with Crippen LogP contribution in [0.5, 0.6) is 0 Å². The molecule has 0 bridgehead atoms. The van der Waals surface area contributed by atoms with Gasteiger partial charge in [0.2, 0.25) is 0 Å². The maximum Gasteiger partial charge on any atom is 0.271 e. The van der Waals surface area contributed by atoms with E-state index >= 15 is 0 Å². The van der Waals surface area contributed by atoms with Gasteiger partial charge >= 0.3 is 0 Å². The Balaban J connectivity index is 1.82. The topological polar surface area (TPSA) is 75.0 Å². The Labute approximate surface area is 223 Å². The van der Waals surface area contributed by atoms with Gasteiger partial charge in [0, 0.05) is 30.2 Å². The first-order valence-electron chi connectivity index (χ1n) is 12.3. The number of hydrogen-bond donors (Lipinski definition) is 0. The second kappa shape index (κ2) is 9.76. The Morgan fingerprint density at radius 2 is 1.73 bits per heavy atom. The maximum atomic E-state index is 14.1. The lowest BCUT2D eigenvalue weighted by Crippen LogP contribution is -2.43. The third kappa shape index (κ3) is 3.95. The molecule has 0 unspecified atom stereocenters. The molecule has 9 heteroatoms. The zero-order valence-corrected chi connectivity index (χ0v) is 22.7. The van der Waals surface area contributed by atoms with Crippen molar-refractivity contribution in [1.29, 1.82) is 0 Å². The lowest BCUT2D eigenvalue weighted by atomic mass is 9.94. The highest BCUT2D eigenvalue weighted by Crippen LogP contribution is 2.35. The van der Waals surface area contributed by atoms with Crippen LogP contribution in [-0.4, -0.2) is 40.9 Å². The van der Waals surface area contributed by atoms with E-state index in [0.717, 1.165) is 16.8 Å². The van der Waals surface area contributed by atoms with Gasteiger partial charge in [-0.05, 0) is 51.5 Å². The Kier molecular flexibility index (Phi) is 6.64. The first-order valence-corrected chi connectivity index (χ1v) is 13.5. The molecule has 2 aliphatic heterocycles. The van der Waals surface area contributed by atoms with Crippen LogP contribution in [-0.2, 0) is 9.59 Å². The maximum absolute atomic E-state index is 14.1. The first-order chi connectivity index (χ1) is 17.8. The highest BCUT2D eigenvalue weighted by Gasteiger charge is 2.37. The summed E-state index contributed by atoms with van der Waals surface area (Å²) >= 11 is 7.36. The van der Waals surface area contributed by atoms with E-state index in [9.17, 15) is 14.4 Å². The van der Waals surface area contributed by atoms with E-state index in [0.29, 0.717) is 50.8 Å². The summed E-state index contributed by atoms with van der Waals surface area (Å²) in [4.78, 5) is 49.9. The van der Waals surface area contributed by atoms with Crippen molar-refractivity contribution in [3.63, 3.8) is 0 Å². The zero-order valence-electron chi connectivity index (χ0n) is 21.1. The predicted octanol–water partition coefficient (Wildman–Crippen LogP) is 3.49. The summed E-state index contributed by atoms with van der Waals surface area (Å²) in [7, 11) is 0. The van der Waals surface area contributed by atoms with Crippen LogP contribution >= 0.6 is 22.9 Å². The number of hydrogen-bond acceptors (Lipinski definition) is 5. The summed E-state index contributed by atoms with van der Waals surface area (Å²) in [5, 5.41) is 0.559. The molecule has 190 valence electrons. The van der Waals surface area contributed by atoms with E-state index in [1.54, 1.807) is 33.4 Å². The van der Waals surface area contributed by atoms with Crippen LogP contribution in [0, 0.1) is 0 Å². The molecule has 5 rings (SSSR count). The molecule has 7 nitrogen and oxygen atoms in total. The lowest BCUT2D eigenvalue weighted by Gasteiger charge is -2.29. The number of amides is 2. The number of nitrogens with zero attached hydrogens (tertiary/aromatic N) is 4. The Bertz CT molecular complexity index is 1630. The summed E-state index contributed by atoms with van der Waals surface area (Å²) in [5.74, 6) is -0.365. The van der Waals surface area contributed by atoms with Crippen molar-refractivity contribution >= 4 is 46.0 Å². The zero-order chi connectivity index (χ0) is 26.4. The molecule has 2 amide bonds. The standard InChI is InChI=1S/C28H27ClN4O3S/c1-5-31(6-2)25(34)21-16(4)30-28-33(23(21)17-12-14-18(29)15-13-17)27(36)24(37-28)22-19-10-8-9-11-20(19)32(7-3)26(22)35/h8-15,23H,5-7H2,1-4H3/b24-22-/t23-/m0/s1. The normalized spacial score (nSPS) is 18.0. The number of para-hydroxylation sites is 1. The van der Waals surface area contributed by atoms with Gasteiger partial charge in [-0.3, -0.25) is 19.0 Å². The molecule has 0 saturated carbocycles. The monoisotopic (exact) mass is 534 g/mol. The minimum absolute atomic E-state index is 0.163. The van der Waals surface area contributed by atoms with Crippen molar-refractivity contribution in [2.75, 3.05) is 24.5 Å². The number of likely N-dealkylation sites (N-methyl/N-ethyl adjacent to an activating group) is 2. The molecule has 0 radical (unpaired) electrons. The number of benzene rings is 2. The van der Waals surface area contributed by atoms with Crippen LogP contribution < -0.4 is 19.8 Å². The molecule has 1 atom stereocenters. The highest BCUT2D eigenvalue weighted by atomic mass is 35.5. The number of aromatic nitrogens is 1. The molecule has 0 N–H and O–H groups in total. The second-order valence-corrected chi connectivity index (χ2v) is 10.3. The van der Waals surface area contributed by atoms with Crippen molar-refractivity contribution in [3.05, 3.63) is 95.6 Å². The molecule has 2 aromatic carbocycles. The average molecular weight is 535 g/mol. The molecular weight excluding hydrogens is 508 g/mol. The number of halogens is 1. The number of carbonyl (C=O) groups excluding carboxylic acids is 2. The van der Waals surface area contributed by atoms with E-state index in [2.05, 4.69) is 0 Å². The van der Waals surface area contributed by atoms with Crippen molar-refractivity contribution in [3.8, 4) is 0 Å². The van der Waals surface area contributed by atoms with Gasteiger partial charge in [-0.1, -0.05) is 53.3 Å². The molecular formula is C28H27ClN4O3S. The van der Waals surface area contributed by atoms with Crippen LogP contribution in [0.15, 0.2) is 69.6 Å². The number of rotatable bonds is 5. The number of fused-ring (bicyclic) bond motifs is 2. The van der Waals surface area contributed by atoms with Crippen molar-refractivity contribution in [2.24, 2.45) is 4.99 Å². The quantitative estimate of drug-likeness (QED) is 0.503. The number of allylic oxidation sites excluding steroid dienone is 1. The highest BCUT2D eigenvalue weighted by molar-refractivity contribution is 7.07. The lowest BCUT2D eigenvalue weighted by molar-refractivity contribution is -0.127. The molecule has 37 heavy (non-hydrogen) atoms. The van der Waals surface area contributed by atoms with Gasteiger partial charge < -0.3 is 9.80 Å². The minimum atomic E-state index is -0.690. The smallest absolute Gasteiger partial charge is 0.271 e. The average Bonchev–Trinajstić information content (AvgIpc) is 3.36. The molecule has 2 aliphatic rings. The fraction of sp³-hybridized carbons (Fsp3) is 0.286. The van der Waals surface area contributed by atoms with Crippen molar-refractivity contribution in [2.45, 2.75) is 33.7 Å². The van der Waals surface area contributed by atoms with Gasteiger partial charge in [-0.25, -0.2) is 4.99 Å². The van der Waals surface area contributed by atoms with Crippen molar-refractivity contribution in [1.82, 2.24) is 9.47 Å². The van der Waals surface area contributed by atoms with Crippen LogP contribution in [0.1, 0.15) is 44.9 Å². The summed E-state index contributed by atoms with van der Waals surface area (Å²) < 4.78 is 1.89. The van der Waals surface area contributed by atoms with Gasteiger partial charge in [-0.15, -0.1) is 0 Å². The van der Waals surface area contributed by atoms with Gasteiger partial charge in [0.25, 0.3) is 17.4 Å².